The lowest BCUT2D eigenvalue weighted by Gasteiger charge is -2.06. The van der Waals surface area contributed by atoms with Crippen LogP contribution in [0.5, 0.6) is 0 Å². The standard InChI is InChI=1S/C13H18O2/c1-3-12-9-11(8-7-10(12)2)5-4-6-13(14)15/h7-9H,3-6H2,1-2H3,(H,14,15). The van der Waals surface area contributed by atoms with E-state index < -0.39 is 5.97 Å². The third-order valence-electron chi connectivity index (χ3n) is 2.65. The van der Waals surface area contributed by atoms with E-state index in [4.69, 9.17) is 5.11 Å². The molecule has 1 aromatic carbocycles. The molecule has 2 heteroatoms. The second-order valence-corrected chi connectivity index (χ2v) is 3.86. The smallest absolute Gasteiger partial charge is 0.303 e. The maximum atomic E-state index is 10.4. The van der Waals surface area contributed by atoms with Gasteiger partial charge in [-0.3, -0.25) is 4.79 Å². The molecule has 1 N–H and O–H groups in total. The Labute approximate surface area is 90.9 Å². The SMILES string of the molecule is CCc1cc(CCCC(=O)O)ccc1C. The molecule has 0 bridgehead atoms. The summed E-state index contributed by atoms with van der Waals surface area (Å²) >= 11 is 0. The summed E-state index contributed by atoms with van der Waals surface area (Å²) in [5.74, 6) is -0.710. The van der Waals surface area contributed by atoms with Gasteiger partial charge < -0.3 is 5.11 Å². The lowest BCUT2D eigenvalue weighted by molar-refractivity contribution is -0.137. The minimum Gasteiger partial charge on any atom is -0.481 e. The number of hydrogen-bond acceptors (Lipinski definition) is 1. The Balaban J connectivity index is 2.58. The molecule has 0 heterocycles. The molecule has 0 unspecified atom stereocenters. The molecule has 1 aromatic rings. The highest BCUT2D eigenvalue weighted by Gasteiger charge is 2.01. The van der Waals surface area contributed by atoms with Crippen LogP contribution in [0.15, 0.2) is 18.2 Å². The molecule has 0 aromatic heterocycles. The number of benzene rings is 1. The molecule has 1 rings (SSSR count). The number of carbonyl (C=O) groups is 1. The number of aryl methyl sites for hydroxylation is 3. The maximum Gasteiger partial charge on any atom is 0.303 e. The van der Waals surface area contributed by atoms with Gasteiger partial charge in [0.25, 0.3) is 0 Å². The first-order chi connectivity index (χ1) is 7.13. The van der Waals surface area contributed by atoms with Crippen LogP contribution in [0.1, 0.15) is 36.5 Å². The zero-order valence-corrected chi connectivity index (χ0v) is 9.42. The monoisotopic (exact) mass is 206 g/mol. The van der Waals surface area contributed by atoms with Gasteiger partial charge in [0.2, 0.25) is 0 Å². The molecule has 0 amide bonds. The summed E-state index contributed by atoms with van der Waals surface area (Å²) in [6.07, 6.45) is 2.88. The topological polar surface area (TPSA) is 37.3 Å². The summed E-state index contributed by atoms with van der Waals surface area (Å²) < 4.78 is 0. The molecule has 2 nitrogen and oxygen atoms in total. The van der Waals surface area contributed by atoms with Crippen molar-refractivity contribution in [1.29, 1.82) is 0 Å². The van der Waals surface area contributed by atoms with Gasteiger partial charge >= 0.3 is 5.97 Å². The van der Waals surface area contributed by atoms with E-state index in [2.05, 4.69) is 32.0 Å². The van der Waals surface area contributed by atoms with E-state index in [-0.39, 0.29) is 6.42 Å². The number of carboxylic acids is 1. The van der Waals surface area contributed by atoms with Crippen molar-refractivity contribution in [1.82, 2.24) is 0 Å². The van der Waals surface area contributed by atoms with E-state index >= 15 is 0 Å². The lowest BCUT2D eigenvalue weighted by atomic mass is 10.00. The first kappa shape index (κ1) is 11.8. The predicted molar refractivity (Wildman–Crippen MR) is 61.1 cm³/mol. The summed E-state index contributed by atoms with van der Waals surface area (Å²) in [6, 6.07) is 6.41. The molecule has 0 atom stereocenters. The summed E-state index contributed by atoms with van der Waals surface area (Å²) in [5.41, 5.74) is 3.93. The Morgan fingerprint density at radius 1 is 1.40 bits per heavy atom. The van der Waals surface area contributed by atoms with Crippen LogP contribution in [0.4, 0.5) is 0 Å². The molecular formula is C13H18O2. The van der Waals surface area contributed by atoms with Crippen molar-refractivity contribution >= 4 is 5.97 Å². The average Bonchev–Trinajstić information content (AvgIpc) is 2.20. The molecule has 82 valence electrons. The van der Waals surface area contributed by atoms with Gasteiger partial charge in [-0.2, -0.15) is 0 Å². The van der Waals surface area contributed by atoms with Gasteiger partial charge in [-0.15, -0.1) is 0 Å². The van der Waals surface area contributed by atoms with Gasteiger partial charge in [0.15, 0.2) is 0 Å². The van der Waals surface area contributed by atoms with Gasteiger partial charge in [0.1, 0.15) is 0 Å². The lowest BCUT2D eigenvalue weighted by Crippen LogP contribution is -1.97. The Bertz CT molecular complexity index is 342. The maximum absolute atomic E-state index is 10.4. The molecule has 0 aliphatic carbocycles. The summed E-state index contributed by atoms with van der Waals surface area (Å²) in [4.78, 5) is 10.4. The average molecular weight is 206 g/mol. The minimum atomic E-state index is -0.710. The van der Waals surface area contributed by atoms with Crippen molar-refractivity contribution < 1.29 is 9.90 Å². The molecule has 15 heavy (non-hydrogen) atoms. The highest BCUT2D eigenvalue weighted by molar-refractivity contribution is 5.66. The second-order valence-electron chi connectivity index (χ2n) is 3.86. The molecule has 0 saturated heterocycles. The Morgan fingerprint density at radius 3 is 2.73 bits per heavy atom. The number of carboxylic acid groups (broad SMARTS) is 1. The number of rotatable bonds is 5. The van der Waals surface area contributed by atoms with E-state index in [0.717, 1.165) is 19.3 Å². The third-order valence-corrected chi connectivity index (χ3v) is 2.65. The van der Waals surface area contributed by atoms with E-state index in [1.54, 1.807) is 0 Å². The van der Waals surface area contributed by atoms with Crippen molar-refractivity contribution in [3.8, 4) is 0 Å². The Morgan fingerprint density at radius 2 is 2.13 bits per heavy atom. The number of hydrogen-bond donors (Lipinski definition) is 1. The van der Waals surface area contributed by atoms with Gasteiger partial charge in [0, 0.05) is 6.42 Å². The summed E-state index contributed by atoms with van der Waals surface area (Å²) in [7, 11) is 0. The number of aliphatic carboxylic acids is 1. The first-order valence-corrected chi connectivity index (χ1v) is 5.43. The highest BCUT2D eigenvalue weighted by Crippen LogP contribution is 2.13. The minimum absolute atomic E-state index is 0.259. The Hall–Kier alpha value is -1.31. The van der Waals surface area contributed by atoms with E-state index in [1.807, 2.05) is 0 Å². The molecule has 0 spiro atoms. The molecule has 0 aliphatic rings. The van der Waals surface area contributed by atoms with Gasteiger partial charge in [-0.1, -0.05) is 25.1 Å². The van der Waals surface area contributed by atoms with Crippen molar-refractivity contribution in [2.75, 3.05) is 0 Å². The van der Waals surface area contributed by atoms with E-state index in [0.29, 0.717) is 0 Å². The van der Waals surface area contributed by atoms with Crippen molar-refractivity contribution in [2.24, 2.45) is 0 Å². The zero-order chi connectivity index (χ0) is 11.3. The van der Waals surface area contributed by atoms with Crippen molar-refractivity contribution in [3.05, 3.63) is 34.9 Å². The summed E-state index contributed by atoms with van der Waals surface area (Å²) in [6.45, 7) is 4.25. The fraction of sp³-hybridized carbons (Fsp3) is 0.462. The van der Waals surface area contributed by atoms with Crippen LogP contribution in [0.25, 0.3) is 0 Å². The molecule has 0 fully saturated rings. The van der Waals surface area contributed by atoms with E-state index in [9.17, 15) is 4.79 Å². The van der Waals surface area contributed by atoms with Crippen molar-refractivity contribution in [2.45, 2.75) is 39.5 Å². The molecule has 0 radical (unpaired) electrons. The third kappa shape index (κ3) is 3.74. The van der Waals surface area contributed by atoms with E-state index in [1.165, 1.54) is 16.7 Å². The van der Waals surface area contributed by atoms with Crippen LogP contribution in [-0.4, -0.2) is 11.1 Å². The molecule has 0 aliphatic heterocycles. The summed E-state index contributed by atoms with van der Waals surface area (Å²) in [5, 5.41) is 8.54. The second kappa shape index (κ2) is 5.54. The Kier molecular flexibility index (Phi) is 4.35. The van der Waals surface area contributed by atoms with Gasteiger partial charge in [-0.25, -0.2) is 0 Å². The van der Waals surface area contributed by atoms with Crippen LogP contribution in [0.2, 0.25) is 0 Å². The molecule has 0 saturated carbocycles. The quantitative estimate of drug-likeness (QED) is 0.804. The predicted octanol–water partition coefficient (Wildman–Crippen LogP) is 2.96. The molecular weight excluding hydrogens is 188 g/mol. The van der Waals surface area contributed by atoms with Gasteiger partial charge in [0.05, 0.1) is 0 Å². The first-order valence-electron chi connectivity index (χ1n) is 5.43. The van der Waals surface area contributed by atoms with Crippen LogP contribution in [0.3, 0.4) is 0 Å². The fourth-order valence-electron chi connectivity index (χ4n) is 1.70. The van der Waals surface area contributed by atoms with Crippen molar-refractivity contribution in [3.63, 3.8) is 0 Å². The van der Waals surface area contributed by atoms with Gasteiger partial charge in [-0.05, 0) is 42.9 Å². The highest BCUT2D eigenvalue weighted by atomic mass is 16.4. The zero-order valence-electron chi connectivity index (χ0n) is 9.42. The fourth-order valence-corrected chi connectivity index (χ4v) is 1.70. The van der Waals surface area contributed by atoms with Crippen LogP contribution in [-0.2, 0) is 17.6 Å². The largest absolute Gasteiger partial charge is 0.481 e. The van der Waals surface area contributed by atoms with Crippen LogP contribution >= 0.6 is 0 Å². The van der Waals surface area contributed by atoms with Crippen LogP contribution in [0, 0.1) is 6.92 Å². The normalized spacial score (nSPS) is 10.3. The van der Waals surface area contributed by atoms with Crippen LogP contribution < -0.4 is 0 Å².